The zero-order valence-electron chi connectivity index (χ0n) is 13.9. The molecule has 4 atom stereocenters. The van der Waals surface area contributed by atoms with Crippen LogP contribution in [0, 0.1) is 22.6 Å². The summed E-state index contributed by atoms with van der Waals surface area (Å²) in [6.45, 7) is 3.51. The molecule has 0 saturated carbocycles. The minimum Gasteiger partial charge on any atom is -0.319 e. The Bertz CT molecular complexity index is 841. The SMILES string of the molecule is CN1C(=O)[C@@]23C[C@](C)(C#N)C(c4ccc(F)cc4)N2C(=O)[C@@]1(C)SS3. The van der Waals surface area contributed by atoms with Gasteiger partial charge < -0.3 is 9.80 Å². The van der Waals surface area contributed by atoms with Gasteiger partial charge in [-0.15, -0.1) is 0 Å². The van der Waals surface area contributed by atoms with E-state index in [1.807, 2.05) is 0 Å². The zero-order valence-corrected chi connectivity index (χ0v) is 15.6. The van der Waals surface area contributed by atoms with Gasteiger partial charge in [-0.3, -0.25) is 9.59 Å². The van der Waals surface area contributed by atoms with Gasteiger partial charge in [0, 0.05) is 13.5 Å². The first-order valence-corrected chi connectivity index (χ1v) is 10.0. The molecular weight excluding hydrogens is 361 g/mol. The van der Waals surface area contributed by atoms with Crippen LogP contribution in [-0.2, 0) is 9.59 Å². The number of fused-ring (bicyclic) bond motifs is 2. The van der Waals surface area contributed by atoms with Gasteiger partial charge in [0.25, 0.3) is 11.8 Å². The highest BCUT2D eigenvalue weighted by atomic mass is 33.1. The Balaban J connectivity index is 1.93. The standard InChI is InChI=1S/C17H16FN3O2S2/c1-15(9-19)8-17-14(23)20(3)16(2,24-25-17)13(22)21(17)12(15)10-4-6-11(18)7-5-10/h4-7,12H,8H2,1-3H3/t12?,15-,16-,17+/m1/s1. The van der Waals surface area contributed by atoms with Crippen LogP contribution < -0.4 is 0 Å². The van der Waals surface area contributed by atoms with E-state index in [0.717, 1.165) is 0 Å². The molecule has 0 aliphatic carbocycles. The monoisotopic (exact) mass is 377 g/mol. The number of nitrogens with zero attached hydrogens (tertiary/aromatic N) is 3. The maximum absolute atomic E-state index is 13.4. The lowest BCUT2D eigenvalue weighted by Crippen LogP contribution is -2.73. The van der Waals surface area contributed by atoms with Gasteiger partial charge >= 0.3 is 0 Å². The van der Waals surface area contributed by atoms with Crippen molar-refractivity contribution in [2.75, 3.05) is 7.05 Å². The molecule has 2 bridgehead atoms. The third-order valence-corrected chi connectivity index (χ3v) is 9.23. The van der Waals surface area contributed by atoms with E-state index in [1.54, 1.807) is 37.9 Å². The fourth-order valence-corrected chi connectivity index (χ4v) is 7.65. The Morgan fingerprint density at radius 1 is 1.20 bits per heavy atom. The number of nitriles is 1. The molecule has 1 unspecified atom stereocenters. The lowest BCUT2D eigenvalue weighted by Gasteiger charge is -2.57. The Hall–Kier alpha value is -1.72. The lowest BCUT2D eigenvalue weighted by molar-refractivity contribution is -0.164. The van der Waals surface area contributed by atoms with Crippen LogP contribution in [0.5, 0.6) is 0 Å². The summed E-state index contributed by atoms with van der Waals surface area (Å²) in [5.74, 6) is -0.703. The van der Waals surface area contributed by atoms with Gasteiger partial charge in [0.2, 0.25) is 0 Å². The zero-order chi connectivity index (χ0) is 18.2. The number of carbonyl (C=O) groups is 2. The summed E-state index contributed by atoms with van der Waals surface area (Å²) in [6.07, 6.45) is 0.251. The second kappa shape index (κ2) is 4.92. The lowest BCUT2D eigenvalue weighted by atomic mass is 9.79. The fraction of sp³-hybridized carbons (Fsp3) is 0.471. The number of halogens is 1. The first kappa shape index (κ1) is 16.7. The molecule has 4 aliphatic rings. The van der Waals surface area contributed by atoms with Crippen LogP contribution in [0.3, 0.4) is 0 Å². The van der Waals surface area contributed by atoms with Crippen molar-refractivity contribution in [1.29, 1.82) is 5.26 Å². The largest absolute Gasteiger partial charge is 0.319 e. The molecule has 8 heteroatoms. The van der Waals surface area contributed by atoms with E-state index in [-0.39, 0.29) is 24.1 Å². The minimum atomic E-state index is -1.09. The van der Waals surface area contributed by atoms with E-state index in [0.29, 0.717) is 5.56 Å². The molecular formula is C17H16FN3O2S2. The van der Waals surface area contributed by atoms with Crippen molar-refractivity contribution in [3.05, 3.63) is 35.6 Å². The van der Waals surface area contributed by atoms with Gasteiger partial charge in [-0.25, -0.2) is 4.39 Å². The normalized spacial score (nSPS) is 39.6. The number of likely N-dealkylation sites (N-methyl/N-ethyl adjacent to an activating group) is 1. The highest BCUT2D eigenvalue weighted by molar-refractivity contribution is 8.78. The van der Waals surface area contributed by atoms with Crippen molar-refractivity contribution < 1.29 is 14.0 Å². The first-order chi connectivity index (χ1) is 11.7. The van der Waals surface area contributed by atoms with E-state index < -0.39 is 21.2 Å². The molecule has 1 spiro atoms. The molecule has 1 aromatic rings. The molecule has 5 rings (SSSR count). The van der Waals surface area contributed by atoms with Crippen LogP contribution >= 0.6 is 21.6 Å². The number of benzene rings is 1. The highest BCUT2D eigenvalue weighted by Gasteiger charge is 2.74. The molecule has 0 aromatic heterocycles. The third kappa shape index (κ3) is 1.86. The summed E-state index contributed by atoms with van der Waals surface area (Å²) in [7, 11) is 4.38. The van der Waals surface area contributed by atoms with Gasteiger partial charge in [-0.1, -0.05) is 33.7 Å². The van der Waals surface area contributed by atoms with Gasteiger partial charge in [0.15, 0.2) is 9.74 Å². The number of hydrogen-bond donors (Lipinski definition) is 0. The van der Waals surface area contributed by atoms with E-state index in [9.17, 15) is 19.2 Å². The van der Waals surface area contributed by atoms with Gasteiger partial charge in [-0.2, -0.15) is 5.26 Å². The van der Waals surface area contributed by atoms with E-state index in [1.165, 1.54) is 38.6 Å². The number of hydrogen-bond acceptors (Lipinski definition) is 5. The Kier molecular flexibility index (Phi) is 3.29. The number of amides is 2. The summed E-state index contributed by atoms with van der Waals surface area (Å²) >= 11 is 0. The summed E-state index contributed by atoms with van der Waals surface area (Å²) in [4.78, 5) is 27.4. The van der Waals surface area contributed by atoms with Crippen molar-refractivity contribution in [3.63, 3.8) is 0 Å². The van der Waals surface area contributed by atoms with E-state index in [4.69, 9.17) is 0 Å². The molecule has 4 aliphatic heterocycles. The quantitative estimate of drug-likeness (QED) is 0.704. The molecule has 4 saturated heterocycles. The molecule has 4 fully saturated rings. The fourth-order valence-electron chi connectivity index (χ4n) is 4.07. The Labute approximate surface area is 152 Å². The molecule has 0 N–H and O–H groups in total. The maximum atomic E-state index is 13.4. The minimum absolute atomic E-state index is 0.149. The average molecular weight is 377 g/mol. The summed E-state index contributed by atoms with van der Waals surface area (Å²) in [6, 6.07) is 7.57. The smallest absolute Gasteiger partial charge is 0.261 e. The van der Waals surface area contributed by atoms with Crippen molar-refractivity contribution in [2.45, 2.75) is 36.1 Å². The number of carbonyl (C=O) groups excluding carboxylic acids is 2. The van der Waals surface area contributed by atoms with Crippen molar-refractivity contribution >= 4 is 33.4 Å². The molecule has 2 amide bonds. The molecule has 4 heterocycles. The second-order valence-electron chi connectivity index (χ2n) is 7.13. The van der Waals surface area contributed by atoms with Crippen LogP contribution in [0.2, 0.25) is 0 Å². The van der Waals surface area contributed by atoms with Crippen molar-refractivity contribution in [1.82, 2.24) is 9.80 Å². The third-order valence-electron chi connectivity index (χ3n) is 5.54. The molecule has 1 aromatic carbocycles. The Morgan fingerprint density at radius 3 is 2.44 bits per heavy atom. The second-order valence-corrected chi connectivity index (χ2v) is 9.94. The molecule has 0 radical (unpaired) electrons. The predicted octanol–water partition coefficient (Wildman–Crippen LogP) is 2.91. The molecule has 25 heavy (non-hydrogen) atoms. The van der Waals surface area contributed by atoms with Crippen LogP contribution in [-0.4, -0.2) is 38.4 Å². The number of piperazine rings is 1. The van der Waals surface area contributed by atoms with Crippen LogP contribution in [0.15, 0.2) is 24.3 Å². The van der Waals surface area contributed by atoms with Crippen molar-refractivity contribution in [2.24, 2.45) is 5.41 Å². The Morgan fingerprint density at radius 2 is 1.84 bits per heavy atom. The molecule has 130 valence electrons. The van der Waals surface area contributed by atoms with Crippen LogP contribution in [0.1, 0.15) is 31.9 Å². The van der Waals surface area contributed by atoms with E-state index in [2.05, 4.69) is 6.07 Å². The molecule has 5 nitrogen and oxygen atoms in total. The maximum Gasteiger partial charge on any atom is 0.261 e. The van der Waals surface area contributed by atoms with Crippen LogP contribution in [0.4, 0.5) is 4.39 Å². The first-order valence-electron chi connectivity index (χ1n) is 7.85. The summed E-state index contributed by atoms with van der Waals surface area (Å²) < 4.78 is 13.4. The summed E-state index contributed by atoms with van der Waals surface area (Å²) in [5.41, 5.74) is -0.263. The number of rotatable bonds is 1. The topological polar surface area (TPSA) is 64.4 Å². The van der Waals surface area contributed by atoms with Gasteiger partial charge in [-0.05, 0) is 31.5 Å². The summed E-state index contributed by atoms with van der Waals surface area (Å²) in [5, 5.41) is 9.88. The average Bonchev–Trinajstić information content (AvgIpc) is 2.87. The predicted molar refractivity (Wildman–Crippen MR) is 93.4 cm³/mol. The van der Waals surface area contributed by atoms with Crippen LogP contribution in [0.25, 0.3) is 0 Å². The van der Waals surface area contributed by atoms with Gasteiger partial charge in [0.05, 0.1) is 17.5 Å². The van der Waals surface area contributed by atoms with Gasteiger partial charge in [0.1, 0.15) is 5.82 Å². The highest BCUT2D eigenvalue weighted by Crippen LogP contribution is 2.69. The van der Waals surface area contributed by atoms with Crippen molar-refractivity contribution in [3.8, 4) is 6.07 Å². The van der Waals surface area contributed by atoms with E-state index >= 15 is 0 Å².